The number of aryl methyl sites for hydroxylation is 1. The molecule has 4 heteroatoms. The topological polar surface area (TPSA) is 27.7 Å². The van der Waals surface area contributed by atoms with E-state index in [9.17, 15) is 0 Å². The molecule has 0 radical (unpaired) electrons. The van der Waals surface area contributed by atoms with E-state index in [-0.39, 0.29) is 0 Å². The highest BCUT2D eigenvalue weighted by molar-refractivity contribution is 5.68. The van der Waals surface area contributed by atoms with Crippen molar-refractivity contribution in [3.05, 3.63) is 59.2 Å². The van der Waals surface area contributed by atoms with Crippen LogP contribution in [0, 0.1) is 6.92 Å². The Bertz CT molecular complexity index is 814. The summed E-state index contributed by atoms with van der Waals surface area (Å²) < 4.78 is 5.44. The first-order valence-electron chi connectivity index (χ1n) is 11.5. The van der Waals surface area contributed by atoms with E-state index < -0.39 is 0 Å². The largest absolute Gasteiger partial charge is 0.379 e. The second kappa shape index (κ2) is 10.1. The van der Waals surface area contributed by atoms with E-state index >= 15 is 0 Å². The van der Waals surface area contributed by atoms with Gasteiger partial charge in [0.25, 0.3) is 0 Å². The molecule has 2 fully saturated rings. The molecule has 0 bridgehead atoms. The van der Waals surface area contributed by atoms with Gasteiger partial charge in [-0.1, -0.05) is 42.5 Å². The molecule has 2 aromatic carbocycles. The molecule has 0 amide bonds. The highest BCUT2D eigenvalue weighted by Crippen LogP contribution is 2.33. The van der Waals surface area contributed by atoms with Gasteiger partial charge < -0.3 is 10.1 Å². The van der Waals surface area contributed by atoms with Crippen LogP contribution in [0.1, 0.15) is 42.5 Å². The monoisotopic (exact) mass is 407 g/mol. The summed E-state index contributed by atoms with van der Waals surface area (Å²) in [5, 5.41) is 3.67. The SMILES string of the molecule is Cc1cc(C2CCCN2C)ccc1-c1ccc(CN[C@H](C)CN2CCOCC2)cc1. The number of nitrogens with one attached hydrogen (secondary N) is 1. The fourth-order valence-electron chi connectivity index (χ4n) is 4.88. The lowest BCUT2D eigenvalue weighted by atomic mass is 9.94. The first-order valence-corrected chi connectivity index (χ1v) is 11.5. The molecule has 162 valence electrons. The van der Waals surface area contributed by atoms with Crippen LogP contribution >= 0.6 is 0 Å². The first kappa shape index (κ1) is 21.5. The van der Waals surface area contributed by atoms with Crippen LogP contribution in [0.5, 0.6) is 0 Å². The molecule has 2 saturated heterocycles. The molecule has 1 N–H and O–H groups in total. The highest BCUT2D eigenvalue weighted by atomic mass is 16.5. The molecular weight excluding hydrogens is 370 g/mol. The Morgan fingerprint density at radius 2 is 1.83 bits per heavy atom. The molecule has 2 aliphatic rings. The fraction of sp³-hybridized carbons (Fsp3) is 0.538. The minimum Gasteiger partial charge on any atom is -0.379 e. The van der Waals surface area contributed by atoms with Gasteiger partial charge in [0.15, 0.2) is 0 Å². The van der Waals surface area contributed by atoms with E-state index in [0.717, 1.165) is 39.4 Å². The molecule has 0 aliphatic carbocycles. The highest BCUT2D eigenvalue weighted by Gasteiger charge is 2.22. The third-order valence-electron chi connectivity index (χ3n) is 6.71. The van der Waals surface area contributed by atoms with Gasteiger partial charge in [0.2, 0.25) is 0 Å². The predicted molar refractivity (Wildman–Crippen MR) is 125 cm³/mol. The number of hydrogen-bond acceptors (Lipinski definition) is 4. The fourth-order valence-corrected chi connectivity index (χ4v) is 4.88. The predicted octanol–water partition coefficient (Wildman–Crippen LogP) is 4.24. The van der Waals surface area contributed by atoms with Gasteiger partial charge in [0, 0.05) is 38.3 Å². The van der Waals surface area contributed by atoms with Crippen LogP contribution in [-0.2, 0) is 11.3 Å². The number of ether oxygens (including phenoxy) is 1. The van der Waals surface area contributed by atoms with Gasteiger partial charge >= 0.3 is 0 Å². The molecule has 2 atom stereocenters. The van der Waals surface area contributed by atoms with Gasteiger partial charge in [0.05, 0.1) is 13.2 Å². The zero-order valence-electron chi connectivity index (χ0n) is 18.9. The summed E-state index contributed by atoms with van der Waals surface area (Å²) in [6.45, 7) is 11.6. The van der Waals surface area contributed by atoms with E-state index in [1.165, 1.54) is 47.2 Å². The Hall–Kier alpha value is -1.72. The number of nitrogens with zero attached hydrogens (tertiary/aromatic N) is 2. The number of morpholine rings is 1. The maximum Gasteiger partial charge on any atom is 0.0594 e. The smallest absolute Gasteiger partial charge is 0.0594 e. The van der Waals surface area contributed by atoms with Crippen LogP contribution in [0.15, 0.2) is 42.5 Å². The summed E-state index contributed by atoms with van der Waals surface area (Å²) in [5.41, 5.74) is 6.84. The second-order valence-electron chi connectivity index (χ2n) is 9.10. The van der Waals surface area contributed by atoms with Crippen molar-refractivity contribution in [3.8, 4) is 11.1 Å². The first-order chi connectivity index (χ1) is 14.6. The van der Waals surface area contributed by atoms with Gasteiger partial charge in [-0.3, -0.25) is 9.80 Å². The lowest BCUT2D eigenvalue weighted by Crippen LogP contribution is -2.44. The summed E-state index contributed by atoms with van der Waals surface area (Å²) >= 11 is 0. The molecule has 4 nitrogen and oxygen atoms in total. The van der Waals surface area contributed by atoms with Crippen molar-refractivity contribution in [2.45, 2.75) is 45.3 Å². The Labute approximate surface area is 182 Å². The Kier molecular flexibility index (Phi) is 7.21. The quantitative estimate of drug-likeness (QED) is 0.743. The standard InChI is InChI=1S/C26H37N3O/c1-20-17-24(26-5-4-12-28(26)3)10-11-25(20)23-8-6-22(7-9-23)18-27-21(2)19-29-13-15-30-16-14-29/h6-11,17,21,26-27H,4-5,12-16,18-19H2,1-3H3/t21-,26?/m1/s1. The zero-order chi connectivity index (χ0) is 20.9. The maximum atomic E-state index is 5.44. The van der Waals surface area contributed by atoms with Crippen molar-refractivity contribution in [3.63, 3.8) is 0 Å². The molecule has 0 spiro atoms. The van der Waals surface area contributed by atoms with Crippen molar-refractivity contribution in [2.24, 2.45) is 0 Å². The minimum absolute atomic E-state index is 0.478. The molecule has 2 aromatic rings. The summed E-state index contributed by atoms with van der Waals surface area (Å²) in [7, 11) is 2.25. The number of likely N-dealkylation sites (tertiary alicyclic amines) is 1. The Morgan fingerprint density at radius 3 is 2.50 bits per heavy atom. The Morgan fingerprint density at radius 1 is 1.07 bits per heavy atom. The number of hydrogen-bond donors (Lipinski definition) is 1. The second-order valence-corrected chi connectivity index (χ2v) is 9.10. The van der Waals surface area contributed by atoms with Crippen molar-refractivity contribution >= 4 is 0 Å². The summed E-state index contributed by atoms with van der Waals surface area (Å²) in [6.07, 6.45) is 2.59. The van der Waals surface area contributed by atoms with Gasteiger partial charge in [-0.15, -0.1) is 0 Å². The third kappa shape index (κ3) is 5.30. The van der Waals surface area contributed by atoms with E-state index in [4.69, 9.17) is 4.74 Å². The molecule has 4 rings (SSSR count). The average Bonchev–Trinajstić information content (AvgIpc) is 3.19. The van der Waals surface area contributed by atoms with Crippen molar-refractivity contribution in [1.29, 1.82) is 0 Å². The van der Waals surface area contributed by atoms with E-state index in [0.29, 0.717) is 12.1 Å². The summed E-state index contributed by atoms with van der Waals surface area (Å²) in [6, 6.07) is 17.2. The van der Waals surface area contributed by atoms with Crippen molar-refractivity contribution in [1.82, 2.24) is 15.1 Å². The van der Waals surface area contributed by atoms with Gasteiger partial charge in [-0.25, -0.2) is 0 Å². The lowest BCUT2D eigenvalue weighted by molar-refractivity contribution is 0.0343. The van der Waals surface area contributed by atoms with Crippen LogP contribution in [0.4, 0.5) is 0 Å². The van der Waals surface area contributed by atoms with Gasteiger partial charge in [0.1, 0.15) is 0 Å². The van der Waals surface area contributed by atoms with E-state index in [2.05, 4.69) is 78.5 Å². The molecular formula is C26H37N3O. The molecule has 0 aromatic heterocycles. The number of rotatable bonds is 7. The minimum atomic E-state index is 0.478. The van der Waals surface area contributed by atoms with Crippen LogP contribution < -0.4 is 5.32 Å². The van der Waals surface area contributed by atoms with E-state index in [1.807, 2.05) is 0 Å². The zero-order valence-corrected chi connectivity index (χ0v) is 18.9. The van der Waals surface area contributed by atoms with Crippen molar-refractivity contribution < 1.29 is 4.74 Å². The molecule has 0 saturated carbocycles. The molecule has 2 heterocycles. The van der Waals surface area contributed by atoms with Crippen LogP contribution in [-0.4, -0.2) is 62.3 Å². The average molecular weight is 408 g/mol. The molecule has 1 unspecified atom stereocenters. The molecule has 2 aliphatic heterocycles. The van der Waals surface area contributed by atoms with Crippen LogP contribution in [0.3, 0.4) is 0 Å². The maximum absolute atomic E-state index is 5.44. The normalized spacial score (nSPS) is 21.8. The van der Waals surface area contributed by atoms with Crippen molar-refractivity contribution in [2.75, 3.05) is 46.4 Å². The Balaban J connectivity index is 1.34. The van der Waals surface area contributed by atoms with E-state index in [1.54, 1.807) is 0 Å². The van der Waals surface area contributed by atoms with Gasteiger partial charge in [-0.05, 0) is 68.1 Å². The van der Waals surface area contributed by atoms with Crippen LogP contribution in [0.2, 0.25) is 0 Å². The third-order valence-corrected chi connectivity index (χ3v) is 6.71. The summed E-state index contributed by atoms with van der Waals surface area (Å²) in [5.74, 6) is 0. The number of benzene rings is 2. The van der Waals surface area contributed by atoms with Gasteiger partial charge in [-0.2, -0.15) is 0 Å². The molecule has 30 heavy (non-hydrogen) atoms. The van der Waals surface area contributed by atoms with Crippen LogP contribution in [0.25, 0.3) is 11.1 Å². The lowest BCUT2D eigenvalue weighted by Gasteiger charge is -2.29. The summed E-state index contributed by atoms with van der Waals surface area (Å²) in [4.78, 5) is 4.97.